The summed E-state index contributed by atoms with van der Waals surface area (Å²) in [7, 11) is 3.57. The summed E-state index contributed by atoms with van der Waals surface area (Å²) < 4.78 is 16.4. The third-order valence-corrected chi connectivity index (χ3v) is 5.51. The van der Waals surface area contributed by atoms with Crippen LogP contribution < -0.4 is 19.7 Å². The number of rotatable bonds is 9. The highest BCUT2D eigenvalue weighted by atomic mass is 16.5. The predicted molar refractivity (Wildman–Crippen MR) is 123 cm³/mol. The number of carbonyl (C=O) groups is 1. The molecule has 0 radical (unpaired) electrons. The van der Waals surface area contributed by atoms with Crippen LogP contribution in [-0.4, -0.2) is 63.9 Å². The molecule has 0 unspecified atom stereocenters. The summed E-state index contributed by atoms with van der Waals surface area (Å²) in [5, 5.41) is 3.02. The molecule has 0 saturated carbocycles. The lowest BCUT2D eigenvalue weighted by Crippen LogP contribution is -2.39. The average Bonchev–Trinajstić information content (AvgIpc) is 2.80. The minimum absolute atomic E-state index is 0.0421. The van der Waals surface area contributed by atoms with Crippen LogP contribution >= 0.6 is 0 Å². The molecule has 1 aliphatic heterocycles. The monoisotopic (exact) mass is 427 g/mol. The summed E-state index contributed by atoms with van der Waals surface area (Å²) in [6.45, 7) is 8.34. The van der Waals surface area contributed by atoms with Crippen LogP contribution in [0.1, 0.15) is 19.4 Å². The van der Waals surface area contributed by atoms with Gasteiger partial charge in [-0.05, 0) is 62.9 Å². The molecule has 7 heteroatoms. The smallest absolute Gasteiger partial charge is 0.241 e. The minimum atomic E-state index is -0.295. The maximum absolute atomic E-state index is 12.8. The molecule has 2 aromatic carbocycles. The van der Waals surface area contributed by atoms with Gasteiger partial charge in [0.2, 0.25) is 5.91 Å². The number of ether oxygens (including phenoxy) is 3. The standard InChI is InChI=1S/C24H33N3O4/c1-5-31-22-11-6-19(16-23(22)29-4)17-26(3)18(2)24(28)25-20-7-9-21(10-8-20)27-12-14-30-15-13-27/h6-11,16,18H,5,12-15,17H2,1-4H3,(H,25,28)/t18-/m0/s1. The maximum Gasteiger partial charge on any atom is 0.241 e. The molecule has 0 bridgehead atoms. The van der Waals surface area contributed by atoms with E-state index in [1.165, 1.54) is 0 Å². The van der Waals surface area contributed by atoms with Crippen molar-refractivity contribution >= 4 is 17.3 Å². The Morgan fingerprint density at radius 3 is 2.52 bits per heavy atom. The van der Waals surface area contributed by atoms with Gasteiger partial charge in [-0.1, -0.05) is 6.07 Å². The summed E-state index contributed by atoms with van der Waals surface area (Å²) >= 11 is 0. The number of amides is 1. The van der Waals surface area contributed by atoms with E-state index >= 15 is 0 Å². The molecule has 168 valence electrons. The normalized spacial score (nSPS) is 14.9. The first-order valence-electron chi connectivity index (χ1n) is 10.8. The van der Waals surface area contributed by atoms with Crippen molar-refractivity contribution in [2.24, 2.45) is 0 Å². The van der Waals surface area contributed by atoms with Crippen molar-refractivity contribution in [3.8, 4) is 11.5 Å². The fraction of sp³-hybridized carbons (Fsp3) is 0.458. The van der Waals surface area contributed by atoms with Crippen LogP contribution in [0.3, 0.4) is 0 Å². The molecule has 1 atom stereocenters. The Labute approximate surface area is 184 Å². The number of methoxy groups -OCH3 is 1. The summed E-state index contributed by atoms with van der Waals surface area (Å²) in [6.07, 6.45) is 0. The first-order chi connectivity index (χ1) is 15.0. The first-order valence-corrected chi connectivity index (χ1v) is 10.8. The number of nitrogens with one attached hydrogen (secondary N) is 1. The lowest BCUT2D eigenvalue weighted by Gasteiger charge is -2.29. The van der Waals surface area contributed by atoms with E-state index in [1.54, 1.807) is 7.11 Å². The lowest BCUT2D eigenvalue weighted by molar-refractivity contribution is -0.120. The molecule has 0 aromatic heterocycles. The Bertz CT molecular complexity index is 850. The zero-order valence-corrected chi connectivity index (χ0v) is 18.9. The number of anilines is 2. The van der Waals surface area contributed by atoms with Crippen LogP contribution in [0.4, 0.5) is 11.4 Å². The van der Waals surface area contributed by atoms with Crippen LogP contribution in [-0.2, 0) is 16.1 Å². The van der Waals surface area contributed by atoms with Crippen molar-refractivity contribution in [1.29, 1.82) is 0 Å². The van der Waals surface area contributed by atoms with Crippen LogP contribution in [0.15, 0.2) is 42.5 Å². The first kappa shape index (κ1) is 22.9. The van der Waals surface area contributed by atoms with Crippen molar-refractivity contribution in [1.82, 2.24) is 4.90 Å². The van der Waals surface area contributed by atoms with Gasteiger partial charge >= 0.3 is 0 Å². The Hall–Kier alpha value is -2.77. The highest BCUT2D eigenvalue weighted by Gasteiger charge is 2.19. The quantitative estimate of drug-likeness (QED) is 0.662. The average molecular weight is 428 g/mol. The second-order valence-electron chi connectivity index (χ2n) is 7.64. The van der Waals surface area contributed by atoms with Crippen molar-refractivity contribution < 1.29 is 19.0 Å². The zero-order chi connectivity index (χ0) is 22.2. The zero-order valence-electron chi connectivity index (χ0n) is 18.9. The highest BCUT2D eigenvalue weighted by molar-refractivity contribution is 5.94. The van der Waals surface area contributed by atoms with Gasteiger partial charge in [-0.3, -0.25) is 9.69 Å². The Morgan fingerprint density at radius 1 is 1.16 bits per heavy atom. The highest BCUT2D eigenvalue weighted by Crippen LogP contribution is 2.28. The van der Waals surface area contributed by atoms with Crippen LogP contribution in [0.25, 0.3) is 0 Å². The summed E-state index contributed by atoms with van der Waals surface area (Å²) in [5.41, 5.74) is 3.00. The number of likely N-dealkylation sites (N-methyl/N-ethyl adjacent to an activating group) is 1. The van der Waals surface area contributed by atoms with Crippen molar-refractivity contribution in [2.75, 3.05) is 57.3 Å². The van der Waals surface area contributed by atoms with E-state index in [4.69, 9.17) is 14.2 Å². The number of nitrogens with zero attached hydrogens (tertiary/aromatic N) is 2. The topological polar surface area (TPSA) is 63.3 Å². The van der Waals surface area contributed by atoms with E-state index in [1.807, 2.05) is 68.3 Å². The molecule has 1 aliphatic rings. The van der Waals surface area contributed by atoms with Gasteiger partial charge in [0.25, 0.3) is 0 Å². The molecule has 1 saturated heterocycles. The van der Waals surface area contributed by atoms with E-state index < -0.39 is 0 Å². The van der Waals surface area contributed by atoms with Gasteiger partial charge in [0.1, 0.15) is 0 Å². The molecular formula is C24H33N3O4. The van der Waals surface area contributed by atoms with E-state index in [-0.39, 0.29) is 11.9 Å². The van der Waals surface area contributed by atoms with Gasteiger partial charge in [-0.25, -0.2) is 0 Å². The third kappa shape index (κ3) is 6.12. The van der Waals surface area contributed by atoms with Gasteiger partial charge in [0.05, 0.1) is 33.0 Å². The molecule has 1 N–H and O–H groups in total. The van der Waals surface area contributed by atoms with Crippen LogP contribution in [0.5, 0.6) is 11.5 Å². The van der Waals surface area contributed by atoms with Crippen molar-refractivity contribution in [2.45, 2.75) is 26.4 Å². The summed E-state index contributed by atoms with van der Waals surface area (Å²) in [5.74, 6) is 1.38. The molecule has 1 amide bonds. The largest absolute Gasteiger partial charge is 0.493 e. The van der Waals surface area contributed by atoms with E-state index in [0.29, 0.717) is 18.9 Å². The third-order valence-electron chi connectivity index (χ3n) is 5.51. The van der Waals surface area contributed by atoms with Crippen molar-refractivity contribution in [3.05, 3.63) is 48.0 Å². The molecule has 7 nitrogen and oxygen atoms in total. The van der Waals surface area contributed by atoms with Gasteiger partial charge in [-0.2, -0.15) is 0 Å². The number of hydrogen-bond acceptors (Lipinski definition) is 6. The van der Waals surface area contributed by atoms with Crippen molar-refractivity contribution in [3.63, 3.8) is 0 Å². The van der Waals surface area contributed by atoms with Gasteiger partial charge in [-0.15, -0.1) is 0 Å². The molecule has 1 fully saturated rings. The number of hydrogen-bond donors (Lipinski definition) is 1. The maximum atomic E-state index is 12.8. The summed E-state index contributed by atoms with van der Waals surface area (Å²) in [6, 6.07) is 13.6. The molecule has 31 heavy (non-hydrogen) atoms. The number of morpholine rings is 1. The molecule has 3 rings (SSSR count). The number of carbonyl (C=O) groups excluding carboxylic acids is 1. The van der Waals surface area contributed by atoms with Gasteiger partial charge in [0, 0.05) is 31.0 Å². The van der Waals surface area contributed by atoms with E-state index in [2.05, 4.69) is 10.2 Å². The second-order valence-corrected chi connectivity index (χ2v) is 7.64. The Kier molecular flexibility index (Phi) is 8.14. The summed E-state index contributed by atoms with van der Waals surface area (Å²) in [4.78, 5) is 17.1. The van der Waals surface area contributed by atoms with E-state index in [9.17, 15) is 4.79 Å². The second kappa shape index (κ2) is 11.0. The lowest BCUT2D eigenvalue weighted by atomic mass is 10.1. The van der Waals surface area contributed by atoms with Crippen LogP contribution in [0.2, 0.25) is 0 Å². The van der Waals surface area contributed by atoms with Gasteiger partial charge < -0.3 is 24.4 Å². The molecule has 2 aromatic rings. The van der Waals surface area contributed by atoms with Crippen LogP contribution in [0, 0.1) is 0 Å². The molecular weight excluding hydrogens is 394 g/mol. The predicted octanol–water partition coefficient (Wildman–Crippen LogP) is 3.39. The van der Waals surface area contributed by atoms with Gasteiger partial charge in [0.15, 0.2) is 11.5 Å². The minimum Gasteiger partial charge on any atom is -0.493 e. The molecule has 0 aliphatic carbocycles. The fourth-order valence-electron chi connectivity index (χ4n) is 3.53. The molecule has 0 spiro atoms. The van der Waals surface area contributed by atoms with E-state index in [0.717, 1.165) is 49.0 Å². The SMILES string of the molecule is CCOc1ccc(CN(C)[C@@H](C)C(=O)Nc2ccc(N3CCOCC3)cc2)cc1OC. The Morgan fingerprint density at radius 2 is 1.87 bits per heavy atom. The molecule has 1 heterocycles. The Balaban J connectivity index is 1.56. The fourth-order valence-corrected chi connectivity index (χ4v) is 3.53. The number of benzene rings is 2.